The number of ether oxygens (including phenoxy) is 1. The van der Waals surface area contributed by atoms with Crippen LogP contribution in [0.5, 0.6) is 0 Å². The van der Waals surface area contributed by atoms with Crippen LogP contribution in [0.3, 0.4) is 0 Å². The SMILES string of the molecule is COC(=O)NS(=O)(=O)c1ccc(NC(=O)Cn2cc(C)c3cc(Cl)ccc32)cc1.[HH].[HH]. The molecule has 0 radical (unpaired) electrons. The summed E-state index contributed by atoms with van der Waals surface area (Å²) in [5.74, 6) is -0.278. The number of hydrogen-bond donors (Lipinski definition) is 2. The Morgan fingerprint density at radius 1 is 1.17 bits per heavy atom. The number of anilines is 1. The maximum Gasteiger partial charge on any atom is 0.420 e. The molecule has 0 saturated heterocycles. The molecular formula is C19H22ClN3O5S. The van der Waals surface area contributed by atoms with Crippen molar-refractivity contribution in [2.24, 2.45) is 0 Å². The van der Waals surface area contributed by atoms with Crippen LogP contribution in [0.4, 0.5) is 10.5 Å². The van der Waals surface area contributed by atoms with Crippen molar-refractivity contribution in [1.29, 1.82) is 0 Å². The third-order valence-corrected chi connectivity index (χ3v) is 5.77. The molecule has 2 N–H and O–H groups in total. The second-order valence-corrected chi connectivity index (χ2v) is 8.39. The molecule has 0 unspecified atom stereocenters. The fraction of sp³-hybridized carbons (Fsp3) is 0.158. The number of benzene rings is 2. The number of aromatic nitrogens is 1. The highest BCUT2D eigenvalue weighted by Gasteiger charge is 2.18. The van der Waals surface area contributed by atoms with Crippen LogP contribution in [0.2, 0.25) is 5.02 Å². The summed E-state index contributed by atoms with van der Waals surface area (Å²) in [6, 6.07) is 10.9. The number of amides is 2. The summed E-state index contributed by atoms with van der Waals surface area (Å²) in [4.78, 5) is 23.4. The average molecular weight is 440 g/mol. The lowest BCUT2D eigenvalue weighted by molar-refractivity contribution is -0.116. The Kier molecular flexibility index (Phi) is 5.81. The van der Waals surface area contributed by atoms with Gasteiger partial charge in [-0.1, -0.05) is 11.6 Å². The van der Waals surface area contributed by atoms with E-state index in [1.807, 2.05) is 29.8 Å². The van der Waals surface area contributed by atoms with E-state index in [0.29, 0.717) is 10.7 Å². The Hall–Kier alpha value is -3.04. The maximum atomic E-state index is 12.4. The first-order valence-corrected chi connectivity index (χ1v) is 10.3. The lowest BCUT2D eigenvalue weighted by atomic mass is 10.2. The van der Waals surface area contributed by atoms with Crippen molar-refractivity contribution in [3.05, 3.63) is 59.2 Å². The van der Waals surface area contributed by atoms with Gasteiger partial charge in [0.15, 0.2) is 0 Å². The van der Waals surface area contributed by atoms with E-state index >= 15 is 0 Å². The number of halogens is 1. The number of sulfonamides is 1. The number of carbonyl (C=O) groups excluding carboxylic acids is 2. The molecule has 2 aromatic carbocycles. The van der Waals surface area contributed by atoms with E-state index < -0.39 is 16.1 Å². The molecule has 2 amide bonds. The number of nitrogens with zero attached hydrogens (tertiary/aromatic N) is 1. The minimum absolute atomic E-state index is 0. The van der Waals surface area contributed by atoms with Crippen LogP contribution in [-0.4, -0.2) is 32.1 Å². The molecule has 3 aromatic rings. The molecule has 0 spiro atoms. The highest BCUT2D eigenvalue weighted by atomic mass is 35.5. The number of rotatable bonds is 5. The number of methoxy groups -OCH3 is 1. The summed E-state index contributed by atoms with van der Waals surface area (Å²) in [6.07, 6.45) is 0.785. The van der Waals surface area contributed by atoms with E-state index in [1.165, 1.54) is 24.3 Å². The van der Waals surface area contributed by atoms with Gasteiger partial charge >= 0.3 is 6.09 Å². The number of fused-ring (bicyclic) bond motifs is 1. The number of carbonyl (C=O) groups is 2. The van der Waals surface area contributed by atoms with Gasteiger partial charge in [0.25, 0.3) is 10.0 Å². The van der Waals surface area contributed by atoms with Gasteiger partial charge in [0.2, 0.25) is 5.91 Å². The first-order valence-electron chi connectivity index (χ1n) is 8.45. The van der Waals surface area contributed by atoms with Crippen LogP contribution < -0.4 is 10.0 Å². The normalized spacial score (nSPS) is 11.3. The van der Waals surface area contributed by atoms with E-state index in [4.69, 9.17) is 11.6 Å². The van der Waals surface area contributed by atoms with Crippen molar-refractivity contribution in [3.63, 3.8) is 0 Å². The van der Waals surface area contributed by atoms with Gasteiger partial charge in [-0.05, 0) is 55.0 Å². The predicted octanol–water partition coefficient (Wildman–Crippen LogP) is 3.78. The van der Waals surface area contributed by atoms with Crippen molar-refractivity contribution >= 4 is 50.2 Å². The molecule has 29 heavy (non-hydrogen) atoms. The van der Waals surface area contributed by atoms with Gasteiger partial charge in [-0.25, -0.2) is 17.9 Å². The van der Waals surface area contributed by atoms with E-state index in [0.717, 1.165) is 23.6 Å². The molecule has 1 heterocycles. The zero-order valence-corrected chi connectivity index (χ0v) is 17.2. The van der Waals surface area contributed by atoms with Crippen LogP contribution in [0.1, 0.15) is 8.42 Å². The molecule has 0 aliphatic rings. The average Bonchev–Trinajstić information content (AvgIpc) is 2.96. The molecular weight excluding hydrogens is 418 g/mol. The molecule has 0 saturated carbocycles. The first-order chi connectivity index (χ1) is 13.7. The topological polar surface area (TPSA) is 106 Å². The molecule has 8 nitrogen and oxygen atoms in total. The smallest absolute Gasteiger partial charge is 0.420 e. The molecule has 0 fully saturated rings. The lowest BCUT2D eigenvalue weighted by Crippen LogP contribution is -2.30. The van der Waals surface area contributed by atoms with Crippen LogP contribution in [-0.2, 0) is 26.1 Å². The highest BCUT2D eigenvalue weighted by molar-refractivity contribution is 7.90. The number of nitrogens with one attached hydrogen (secondary N) is 2. The highest BCUT2D eigenvalue weighted by Crippen LogP contribution is 2.24. The van der Waals surface area contributed by atoms with Gasteiger partial charge in [0.05, 0.1) is 12.0 Å². The van der Waals surface area contributed by atoms with Crippen molar-refractivity contribution in [2.45, 2.75) is 18.4 Å². The van der Waals surface area contributed by atoms with Crippen LogP contribution >= 0.6 is 11.6 Å². The van der Waals surface area contributed by atoms with Crippen molar-refractivity contribution in [1.82, 2.24) is 9.29 Å². The molecule has 0 bridgehead atoms. The van der Waals surface area contributed by atoms with Gasteiger partial charge in [0.1, 0.15) is 6.54 Å². The third kappa shape index (κ3) is 4.69. The zero-order valence-electron chi connectivity index (χ0n) is 15.6. The summed E-state index contributed by atoms with van der Waals surface area (Å²) in [7, 11) is -2.98. The Labute approximate surface area is 175 Å². The fourth-order valence-corrected chi connectivity index (χ4v) is 3.95. The monoisotopic (exact) mass is 439 g/mol. The minimum atomic E-state index is -4.04. The van der Waals surface area contributed by atoms with Gasteiger partial charge < -0.3 is 14.6 Å². The Morgan fingerprint density at radius 2 is 1.86 bits per heavy atom. The molecule has 3 rings (SSSR count). The summed E-state index contributed by atoms with van der Waals surface area (Å²) in [5, 5.41) is 4.31. The van der Waals surface area contributed by atoms with Crippen LogP contribution in [0, 0.1) is 6.92 Å². The largest absolute Gasteiger partial charge is 0.452 e. The second kappa shape index (κ2) is 8.14. The standard InChI is InChI=1S/C19H18ClN3O5S.2H2/c1-12-10-23(17-8-3-13(20)9-16(12)17)11-18(24)21-14-4-6-15(7-5-14)29(26,27)22-19(25)28-2;;/h3-10H,11H2,1-2H3,(H,21,24)(H,22,25);2*1H. The Bertz CT molecular complexity index is 1200. The summed E-state index contributed by atoms with van der Waals surface area (Å²) in [5.41, 5.74) is 2.31. The number of hydrogen-bond acceptors (Lipinski definition) is 5. The van der Waals surface area contributed by atoms with E-state index in [1.54, 1.807) is 10.8 Å². The van der Waals surface area contributed by atoms with Crippen LogP contribution in [0.15, 0.2) is 53.6 Å². The van der Waals surface area contributed by atoms with Gasteiger partial charge in [-0.2, -0.15) is 0 Å². The quantitative estimate of drug-likeness (QED) is 0.629. The molecule has 1 aromatic heterocycles. The van der Waals surface area contributed by atoms with Gasteiger partial charge in [0, 0.05) is 30.7 Å². The van der Waals surface area contributed by atoms with E-state index in [2.05, 4.69) is 10.1 Å². The molecule has 0 aliphatic heterocycles. The second-order valence-electron chi connectivity index (χ2n) is 6.27. The van der Waals surface area contributed by atoms with Crippen molar-refractivity contribution < 1.29 is 25.6 Å². The van der Waals surface area contributed by atoms with Crippen LogP contribution in [0.25, 0.3) is 10.9 Å². The number of aryl methyl sites for hydroxylation is 1. The minimum Gasteiger partial charge on any atom is -0.452 e. The van der Waals surface area contributed by atoms with Crippen molar-refractivity contribution in [3.8, 4) is 0 Å². The van der Waals surface area contributed by atoms with Gasteiger partial charge in [-0.3, -0.25) is 4.79 Å². The molecule has 156 valence electrons. The lowest BCUT2D eigenvalue weighted by Gasteiger charge is -2.09. The van der Waals surface area contributed by atoms with E-state index in [-0.39, 0.29) is 20.2 Å². The molecule has 0 atom stereocenters. The Morgan fingerprint density at radius 3 is 2.52 bits per heavy atom. The molecule has 0 aliphatic carbocycles. The van der Waals surface area contributed by atoms with Crippen molar-refractivity contribution in [2.75, 3.05) is 12.4 Å². The first kappa shape index (κ1) is 20.7. The zero-order chi connectivity index (χ0) is 21.2. The summed E-state index contributed by atoms with van der Waals surface area (Å²) < 4.78 is 31.9. The van der Waals surface area contributed by atoms with E-state index in [9.17, 15) is 18.0 Å². The molecule has 10 heteroatoms. The Balaban J connectivity index is 0.00000240. The van der Waals surface area contributed by atoms with Gasteiger partial charge in [-0.15, -0.1) is 0 Å². The summed E-state index contributed by atoms with van der Waals surface area (Å²) in [6.45, 7) is 2.02. The fourth-order valence-electron chi connectivity index (χ4n) is 2.86. The third-order valence-electron chi connectivity index (χ3n) is 4.21. The predicted molar refractivity (Wildman–Crippen MR) is 114 cm³/mol. The maximum absolute atomic E-state index is 12.4. The summed E-state index contributed by atoms with van der Waals surface area (Å²) >= 11 is 6.03.